The first-order valence-electron chi connectivity index (χ1n) is 9.58. The van der Waals surface area contributed by atoms with E-state index in [9.17, 15) is 17.6 Å². The summed E-state index contributed by atoms with van der Waals surface area (Å²) < 4.78 is 40.6. The summed E-state index contributed by atoms with van der Waals surface area (Å²) in [6, 6.07) is 5.17. The summed E-state index contributed by atoms with van der Waals surface area (Å²) in [5.74, 6) is 0.0478. The van der Waals surface area contributed by atoms with Gasteiger partial charge in [-0.3, -0.25) is 9.69 Å². The molecule has 1 aromatic carbocycles. The van der Waals surface area contributed by atoms with E-state index in [0.717, 1.165) is 32.0 Å². The normalized spacial score (nSPS) is 22.0. The van der Waals surface area contributed by atoms with Gasteiger partial charge < -0.3 is 4.90 Å². The van der Waals surface area contributed by atoms with E-state index in [1.807, 2.05) is 16.7 Å². The molecule has 8 heteroatoms. The van der Waals surface area contributed by atoms with Crippen molar-refractivity contribution in [2.24, 2.45) is 5.92 Å². The summed E-state index contributed by atoms with van der Waals surface area (Å²) in [4.78, 5) is 16.4. The van der Waals surface area contributed by atoms with Crippen LogP contribution in [0.3, 0.4) is 0 Å². The molecule has 0 saturated carbocycles. The number of piperidine rings is 1. The predicted octanol–water partition coefficient (Wildman–Crippen LogP) is 1.78. The smallest absolute Gasteiger partial charge is 0.246 e. The molecule has 1 unspecified atom stereocenters. The number of hydrogen-bond donors (Lipinski definition) is 0. The second-order valence-corrected chi connectivity index (χ2v) is 9.46. The second-order valence-electron chi connectivity index (χ2n) is 7.55. The minimum absolute atomic E-state index is 0.118. The highest BCUT2D eigenvalue weighted by molar-refractivity contribution is 7.89. The molecular formula is C19H28FN3O3S. The lowest BCUT2D eigenvalue weighted by molar-refractivity contribution is -0.138. The minimum atomic E-state index is -3.85. The molecule has 0 radical (unpaired) electrons. The SMILES string of the molecule is CC1CCN(C(=O)C(C)N2CCN(S(=O)(=O)c3ccccc3F)CC2)CC1. The molecule has 2 fully saturated rings. The van der Waals surface area contributed by atoms with Gasteiger partial charge in [0.05, 0.1) is 6.04 Å². The van der Waals surface area contributed by atoms with Crippen LogP contribution in [-0.4, -0.2) is 73.7 Å². The highest BCUT2D eigenvalue weighted by Crippen LogP contribution is 2.22. The number of carbonyl (C=O) groups excluding carboxylic acids is 1. The first kappa shape index (κ1) is 20.2. The van der Waals surface area contributed by atoms with Gasteiger partial charge in [0.25, 0.3) is 0 Å². The Kier molecular flexibility index (Phi) is 6.18. The summed E-state index contributed by atoms with van der Waals surface area (Å²) in [6.07, 6.45) is 2.07. The van der Waals surface area contributed by atoms with E-state index in [1.54, 1.807) is 0 Å². The van der Waals surface area contributed by atoms with Crippen molar-refractivity contribution in [2.75, 3.05) is 39.3 Å². The zero-order chi connectivity index (χ0) is 19.6. The van der Waals surface area contributed by atoms with Crippen LogP contribution in [0.5, 0.6) is 0 Å². The largest absolute Gasteiger partial charge is 0.341 e. The van der Waals surface area contributed by atoms with Crippen molar-refractivity contribution in [3.8, 4) is 0 Å². The van der Waals surface area contributed by atoms with Crippen molar-refractivity contribution >= 4 is 15.9 Å². The molecule has 2 saturated heterocycles. The third kappa shape index (κ3) is 4.33. The van der Waals surface area contributed by atoms with Gasteiger partial charge in [-0.2, -0.15) is 4.31 Å². The number of hydrogen-bond acceptors (Lipinski definition) is 4. The van der Waals surface area contributed by atoms with Crippen LogP contribution in [0.2, 0.25) is 0 Å². The molecule has 1 amide bonds. The van der Waals surface area contributed by atoms with Crippen LogP contribution in [0.4, 0.5) is 4.39 Å². The summed E-state index contributed by atoms with van der Waals surface area (Å²) in [5.41, 5.74) is 0. The van der Waals surface area contributed by atoms with Gasteiger partial charge in [0.2, 0.25) is 15.9 Å². The van der Waals surface area contributed by atoms with E-state index < -0.39 is 15.8 Å². The number of carbonyl (C=O) groups is 1. The zero-order valence-corrected chi connectivity index (χ0v) is 16.8. The highest BCUT2D eigenvalue weighted by atomic mass is 32.2. The Morgan fingerprint density at radius 3 is 2.26 bits per heavy atom. The lowest BCUT2D eigenvalue weighted by Gasteiger charge is -2.39. The number of sulfonamides is 1. The van der Waals surface area contributed by atoms with Crippen LogP contribution in [0, 0.1) is 11.7 Å². The molecule has 3 rings (SSSR count). The fraction of sp³-hybridized carbons (Fsp3) is 0.632. The number of nitrogens with zero attached hydrogens (tertiary/aromatic N) is 3. The fourth-order valence-corrected chi connectivity index (χ4v) is 5.26. The molecular weight excluding hydrogens is 369 g/mol. The van der Waals surface area contributed by atoms with E-state index >= 15 is 0 Å². The molecule has 0 N–H and O–H groups in total. The van der Waals surface area contributed by atoms with Crippen LogP contribution >= 0.6 is 0 Å². The molecule has 1 aromatic rings. The summed E-state index contributed by atoms with van der Waals surface area (Å²) in [6.45, 7) is 7.13. The summed E-state index contributed by atoms with van der Waals surface area (Å²) in [5, 5.41) is 0. The van der Waals surface area contributed by atoms with Crippen LogP contribution in [0.1, 0.15) is 26.7 Å². The maximum atomic E-state index is 13.9. The topological polar surface area (TPSA) is 60.9 Å². The van der Waals surface area contributed by atoms with Crippen molar-refractivity contribution < 1.29 is 17.6 Å². The van der Waals surface area contributed by atoms with Gasteiger partial charge in [0.15, 0.2) is 0 Å². The Morgan fingerprint density at radius 2 is 1.67 bits per heavy atom. The lowest BCUT2D eigenvalue weighted by Crippen LogP contribution is -2.56. The van der Waals surface area contributed by atoms with Gasteiger partial charge >= 0.3 is 0 Å². The lowest BCUT2D eigenvalue weighted by atomic mass is 9.98. The molecule has 2 aliphatic heterocycles. The van der Waals surface area contributed by atoms with Crippen molar-refractivity contribution in [3.05, 3.63) is 30.1 Å². The number of piperazine rings is 1. The van der Waals surface area contributed by atoms with Crippen molar-refractivity contribution in [1.82, 2.24) is 14.1 Å². The Balaban J connectivity index is 1.60. The van der Waals surface area contributed by atoms with Crippen LogP contribution in [-0.2, 0) is 14.8 Å². The van der Waals surface area contributed by atoms with E-state index in [2.05, 4.69) is 6.92 Å². The van der Waals surface area contributed by atoms with E-state index in [-0.39, 0.29) is 29.9 Å². The first-order chi connectivity index (χ1) is 12.8. The van der Waals surface area contributed by atoms with Crippen LogP contribution < -0.4 is 0 Å². The molecule has 1 atom stereocenters. The van der Waals surface area contributed by atoms with Gasteiger partial charge in [-0.1, -0.05) is 19.1 Å². The van der Waals surface area contributed by atoms with Crippen LogP contribution in [0.25, 0.3) is 0 Å². The Labute approximate surface area is 161 Å². The summed E-state index contributed by atoms with van der Waals surface area (Å²) in [7, 11) is -3.85. The Morgan fingerprint density at radius 1 is 1.07 bits per heavy atom. The Hall–Kier alpha value is -1.51. The van der Waals surface area contributed by atoms with E-state index in [4.69, 9.17) is 0 Å². The fourth-order valence-electron chi connectivity index (χ4n) is 3.77. The highest BCUT2D eigenvalue weighted by Gasteiger charge is 2.34. The minimum Gasteiger partial charge on any atom is -0.341 e. The van der Waals surface area contributed by atoms with Crippen molar-refractivity contribution in [2.45, 2.75) is 37.6 Å². The molecule has 0 bridgehead atoms. The monoisotopic (exact) mass is 397 g/mol. The molecule has 0 aliphatic carbocycles. The average Bonchev–Trinajstić information content (AvgIpc) is 2.68. The average molecular weight is 398 g/mol. The van der Waals surface area contributed by atoms with Gasteiger partial charge in [-0.25, -0.2) is 12.8 Å². The number of halogens is 1. The zero-order valence-electron chi connectivity index (χ0n) is 16.0. The van der Waals surface area contributed by atoms with Crippen LogP contribution in [0.15, 0.2) is 29.2 Å². The van der Waals surface area contributed by atoms with Gasteiger partial charge in [0.1, 0.15) is 10.7 Å². The maximum Gasteiger partial charge on any atom is 0.246 e. The third-order valence-corrected chi connectivity index (χ3v) is 7.66. The number of benzene rings is 1. The molecule has 0 spiro atoms. The molecule has 6 nitrogen and oxygen atoms in total. The second kappa shape index (κ2) is 8.24. The number of amides is 1. The molecule has 0 aromatic heterocycles. The molecule has 150 valence electrons. The van der Waals surface area contributed by atoms with Crippen molar-refractivity contribution in [3.63, 3.8) is 0 Å². The molecule has 2 aliphatic rings. The van der Waals surface area contributed by atoms with E-state index in [0.29, 0.717) is 19.0 Å². The van der Waals surface area contributed by atoms with Gasteiger partial charge in [-0.05, 0) is 37.8 Å². The number of likely N-dealkylation sites (tertiary alicyclic amines) is 1. The molecule has 2 heterocycles. The number of rotatable bonds is 4. The van der Waals surface area contributed by atoms with Gasteiger partial charge in [-0.15, -0.1) is 0 Å². The van der Waals surface area contributed by atoms with Gasteiger partial charge in [0, 0.05) is 39.3 Å². The quantitative estimate of drug-likeness (QED) is 0.777. The van der Waals surface area contributed by atoms with E-state index in [1.165, 1.54) is 22.5 Å². The predicted molar refractivity (Wildman–Crippen MR) is 101 cm³/mol. The first-order valence-corrected chi connectivity index (χ1v) is 11.0. The van der Waals surface area contributed by atoms with Crippen molar-refractivity contribution in [1.29, 1.82) is 0 Å². The Bertz CT molecular complexity index is 770. The maximum absolute atomic E-state index is 13.9. The summed E-state index contributed by atoms with van der Waals surface area (Å²) >= 11 is 0. The standard InChI is InChI=1S/C19H28FN3O3S/c1-15-7-9-22(10-8-15)19(24)16(2)21-11-13-23(14-12-21)27(25,26)18-6-4-3-5-17(18)20/h3-6,15-16H,7-14H2,1-2H3. The third-order valence-electron chi connectivity index (χ3n) is 5.73. The molecule has 27 heavy (non-hydrogen) atoms.